The van der Waals surface area contributed by atoms with Crippen LogP contribution in [0.2, 0.25) is 0 Å². The summed E-state index contributed by atoms with van der Waals surface area (Å²) in [5.41, 5.74) is 2.84. The van der Waals surface area contributed by atoms with E-state index in [4.69, 9.17) is 12.3 Å². The van der Waals surface area contributed by atoms with Gasteiger partial charge in [0.1, 0.15) is 5.69 Å². The molecule has 0 aromatic carbocycles. The normalized spacial score (nSPS) is 8.67. The highest BCUT2D eigenvalue weighted by molar-refractivity contribution is 5.91. The maximum atomic E-state index is 10.9. The summed E-state index contributed by atoms with van der Waals surface area (Å²) >= 11 is 0. The smallest absolute Gasteiger partial charge is 0.283 e. The molecule has 3 N–H and O–H groups in total. The molecule has 4 nitrogen and oxygen atoms in total. The Bertz CT molecular complexity index is 323. The van der Waals surface area contributed by atoms with Gasteiger partial charge in [-0.05, 0) is 12.1 Å². The summed E-state index contributed by atoms with van der Waals surface area (Å²) in [5, 5.41) is 0. The molecule has 0 fully saturated rings. The molecule has 0 saturated carbocycles. The third-order valence-corrected chi connectivity index (χ3v) is 1.29. The van der Waals surface area contributed by atoms with Crippen molar-refractivity contribution >= 4 is 5.91 Å². The molecule has 60 valence electrons. The zero-order valence-electron chi connectivity index (χ0n) is 6.24. The van der Waals surface area contributed by atoms with Crippen LogP contribution in [0, 0.1) is 12.3 Å². The van der Waals surface area contributed by atoms with Crippen molar-refractivity contribution in [3.8, 4) is 12.3 Å². The van der Waals surface area contributed by atoms with E-state index in [1.807, 2.05) is 5.43 Å². The SMILES string of the molecule is C#Cc1ccc(C(=O)NN)nc1. The quantitative estimate of drug-likeness (QED) is 0.256. The maximum absolute atomic E-state index is 10.9. The number of carbonyl (C=O) groups excluding carboxylic acids is 1. The zero-order valence-corrected chi connectivity index (χ0v) is 6.24. The molecular formula is C8H7N3O. The first-order valence-electron chi connectivity index (χ1n) is 3.21. The second-order valence-electron chi connectivity index (χ2n) is 2.05. The second kappa shape index (κ2) is 3.51. The van der Waals surface area contributed by atoms with E-state index >= 15 is 0 Å². The minimum absolute atomic E-state index is 0.247. The van der Waals surface area contributed by atoms with Crippen LogP contribution in [-0.4, -0.2) is 10.9 Å². The van der Waals surface area contributed by atoms with Gasteiger partial charge in [0, 0.05) is 11.8 Å². The number of nitrogens with zero attached hydrogens (tertiary/aromatic N) is 1. The molecular weight excluding hydrogens is 154 g/mol. The highest BCUT2D eigenvalue weighted by atomic mass is 16.2. The van der Waals surface area contributed by atoms with E-state index in [1.54, 1.807) is 6.07 Å². The molecule has 0 aliphatic rings. The molecule has 0 bridgehead atoms. The van der Waals surface area contributed by atoms with Crippen LogP contribution in [0.1, 0.15) is 16.1 Å². The van der Waals surface area contributed by atoms with Crippen LogP contribution in [0.4, 0.5) is 0 Å². The number of hydrogen-bond donors (Lipinski definition) is 2. The highest BCUT2D eigenvalue weighted by Crippen LogP contribution is 1.97. The monoisotopic (exact) mass is 161 g/mol. The summed E-state index contributed by atoms with van der Waals surface area (Å²) in [7, 11) is 0. The van der Waals surface area contributed by atoms with Gasteiger partial charge in [0.2, 0.25) is 0 Å². The summed E-state index contributed by atoms with van der Waals surface area (Å²) in [6.07, 6.45) is 6.53. The molecule has 12 heavy (non-hydrogen) atoms. The molecule has 0 radical (unpaired) electrons. The Morgan fingerprint density at radius 2 is 2.42 bits per heavy atom. The van der Waals surface area contributed by atoms with Gasteiger partial charge >= 0.3 is 0 Å². The fraction of sp³-hybridized carbons (Fsp3) is 0. The molecule has 0 aliphatic heterocycles. The lowest BCUT2D eigenvalue weighted by Crippen LogP contribution is -2.30. The van der Waals surface area contributed by atoms with Gasteiger partial charge in [-0.2, -0.15) is 0 Å². The molecule has 1 amide bonds. The van der Waals surface area contributed by atoms with Crippen LogP contribution in [0.3, 0.4) is 0 Å². The molecule has 1 aromatic heterocycles. The fourth-order valence-corrected chi connectivity index (χ4v) is 0.688. The molecule has 0 atom stereocenters. The number of rotatable bonds is 1. The number of nitrogens with one attached hydrogen (secondary N) is 1. The van der Waals surface area contributed by atoms with E-state index in [1.165, 1.54) is 12.3 Å². The van der Waals surface area contributed by atoms with Crippen LogP contribution < -0.4 is 11.3 Å². The Morgan fingerprint density at radius 3 is 2.83 bits per heavy atom. The van der Waals surface area contributed by atoms with E-state index in [9.17, 15) is 4.79 Å². The van der Waals surface area contributed by atoms with E-state index in [2.05, 4.69) is 10.9 Å². The van der Waals surface area contributed by atoms with E-state index in [0.29, 0.717) is 5.56 Å². The van der Waals surface area contributed by atoms with Gasteiger partial charge < -0.3 is 0 Å². The molecule has 4 heteroatoms. The zero-order chi connectivity index (χ0) is 8.97. The topological polar surface area (TPSA) is 68.0 Å². The number of pyridine rings is 1. The van der Waals surface area contributed by atoms with Crippen molar-refractivity contribution in [3.63, 3.8) is 0 Å². The van der Waals surface area contributed by atoms with Crippen molar-refractivity contribution in [2.45, 2.75) is 0 Å². The minimum Gasteiger partial charge on any atom is -0.289 e. The largest absolute Gasteiger partial charge is 0.289 e. The predicted molar refractivity (Wildman–Crippen MR) is 43.8 cm³/mol. The Balaban J connectivity index is 2.94. The van der Waals surface area contributed by atoms with E-state index in [-0.39, 0.29) is 5.69 Å². The van der Waals surface area contributed by atoms with Gasteiger partial charge in [-0.25, -0.2) is 10.8 Å². The van der Waals surface area contributed by atoms with Gasteiger partial charge in [0.25, 0.3) is 5.91 Å². The highest BCUT2D eigenvalue weighted by Gasteiger charge is 2.02. The Kier molecular flexibility index (Phi) is 2.41. The fourth-order valence-electron chi connectivity index (χ4n) is 0.688. The standard InChI is InChI=1S/C8H7N3O/c1-2-6-3-4-7(10-5-6)8(12)11-9/h1,3-5H,9H2,(H,11,12). The van der Waals surface area contributed by atoms with Crippen molar-refractivity contribution < 1.29 is 4.79 Å². The average molecular weight is 161 g/mol. The predicted octanol–water partition coefficient (Wildman–Crippen LogP) is -0.334. The Labute approximate surface area is 69.8 Å². The summed E-state index contributed by atoms with van der Waals surface area (Å²) in [6.45, 7) is 0. The number of nitrogens with two attached hydrogens (primary N) is 1. The van der Waals surface area contributed by atoms with Crippen LogP contribution in [0.25, 0.3) is 0 Å². The number of carbonyl (C=O) groups is 1. The molecule has 0 aliphatic carbocycles. The van der Waals surface area contributed by atoms with Crippen LogP contribution in [0.5, 0.6) is 0 Å². The molecule has 0 unspecified atom stereocenters. The molecule has 0 saturated heterocycles. The van der Waals surface area contributed by atoms with E-state index in [0.717, 1.165) is 0 Å². The minimum atomic E-state index is -0.432. The summed E-state index contributed by atoms with van der Waals surface area (Å²) < 4.78 is 0. The lowest BCUT2D eigenvalue weighted by atomic mass is 10.2. The van der Waals surface area contributed by atoms with Crippen molar-refractivity contribution in [2.75, 3.05) is 0 Å². The van der Waals surface area contributed by atoms with Gasteiger partial charge in [0.15, 0.2) is 0 Å². The summed E-state index contributed by atoms with van der Waals surface area (Å²) in [4.78, 5) is 14.6. The third kappa shape index (κ3) is 1.59. The molecule has 1 heterocycles. The van der Waals surface area contributed by atoms with Gasteiger partial charge in [0.05, 0.1) is 0 Å². The van der Waals surface area contributed by atoms with Crippen molar-refractivity contribution in [1.29, 1.82) is 0 Å². The maximum Gasteiger partial charge on any atom is 0.283 e. The number of hydrazine groups is 1. The Hall–Kier alpha value is -1.86. The number of aromatic nitrogens is 1. The first-order chi connectivity index (χ1) is 5.77. The van der Waals surface area contributed by atoms with Crippen molar-refractivity contribution in [1.82, 2.24) is 10.4 Å². The summed E-state index contributed by atoms with van der Waals surface area (Å²) in [5.74, 6) is 6.85. The van der Waals surface area contributed by atoms with E-state index < -0.39 is 5.91 Å². The average Bonchev–Trinajstić information content (AvgIpc) is 2.17. The Morgan fingerprint density at radius 1 is 1.67 bits per heavy atom. The van der Waals surface area contributed by atoms with Crippen molar-refractivity contribution in [3.05, 3.63) is 29.6 Å². The number of terminal acetylenes is 1. The first-order valence-corrected chi connectivity index (χ1v) is 3.21. The molecule has 0 spiro atoms. The van der Waals surface area contributed by atoms with Gasteiger partial charge in [-0.15, -0.1) is 6.42 Å². The third-order valence-electron chi connectivity index (χ3n) is 1.29. The first kappa shape index (κ1) is 8.24. The molecule has 1 rings (SSSR count). The number of amides is 1. The second-order valence-corrected chi connectivity index (χ2v) is 2.05. The summed E-state index contributed by atoms with van der Waals surface area (Å²) in [6, 6.07) is 3.13. The van der Waals surface area contributed by atoms with Crippen molar-refractivity contribution in [2.24, 2.45) is 5.84 Å². The van der Waals surface area contributed by atoms with Crippen LogP contribution >= 0.6 is 0 Å². The number of nitrogen functional groups attached to an aromatic ring is 1. The van der Waals surface area contributed by atoms with Crippen LogP contribution in [0.15, 0.2) is 18.3 Å². The lowest BCUT2D eigenvalue weighted by Gasteiger charge is -1.96. The van der Waals surface area contributed by atoms with Gasteiger partial charge in [-0.3, -0.25) is 10.2 Å². The lowest BCUT2D eigenvalue weighted by molar-refractivity contribution is 0.0948. The van der Waals surface area contributed by atoms with Gasteiger partial charge in [-0.1, -0.05) is 5.92 Å². The number of hydrogen-bond acceptors (Lipinski definition) is 3. The molecule has 1 aromatic rings. The van der Waals surface area contributed by atoms with Crippen LogP contribution in [-0.2, 0) is 0 Å².